The van der Waals surface area contributed by atoms with Crippen molar-refractivity contribution >= 4 is 22.6 Å². The smallest absolute Gasteiger partial charge is 0.300 e. The number of fused-ring (bicyclic) bond motifs is 3. The Hall–Kier alpha value is -3.45. The largest absolute Gasteiger partial charge is 0.508 e. The second kappa shape index (κ2) is 9.19. The minimum atomic E-state index is -0.833. The quantitative estimate of drug-likeness (QED) is 0.542. The monoisotopic (exact) mass is 450 g/mol. The molecule has 2 fully saturated rings. The van der Waals surface area contributed by atoms with E-state index in [-0.39, 0.29) is 17.7 Å². The van der Waals surface area contributed by atoms with Crippen LogP contribution in [-0.2, 0) is 4.79 Å². The number of phenols is 1. The molecule has 3 aromatic rings. The van der Waals surface area contributed by atoms with Gasteiger partial charge in [-0.25, -0.2) is 4.39 Å². The van der Waals surface area contributed by atoms with E-state index >= 15 is 0 Å². The number of aromatic hydroxyl groups is 1. The summed E-state index contributed by atoms with van der Waals surface area (Å²) >= 11 is 0. The maximum absolute atomic E-state index is 14.4. The number of piperidine rings is 1. The van der Waals surface area contributed by atoms with Crippen LogP contribution in [0.5, 0.6) is 5.75 Å². The van der Waals surface area contributed by atoms with Gasteiger partial charge in [-0.15, -0.1) is 0 Å². The third-order valence-corrected chi connectivity index (χ3v) is 6.50. The molecule has 33 heavy (non-hydrogen) atoms. The summed E-state index contributed by atoms with van der Waals surface area (Å²) < 4.78 is 14.4. The van der Waals surface area contributed by atoms with Gasteiger partial charge in [-0.05, 0) is 83.0 Å². The molecule has 172 valence electrons. The van der Waals surface area contributed by atoms with Crippen LogP contribution in [0.2, 0.25) is 0 Å². The summed E-state index contributed by atoms with van der Waals surface area (Å²) in [6.07, 6.45) is 2.13. The van der Waals surface area contributed by atoms with Crippen LogP contribution in [0.4, 0.5) is 4.39 Å². The number of amides is 1. The summed E-state index contributed by atoms with van der Waals surface area (Å²) in [4.78, 5) is 23.9. The fourth-order valence-corrected chi connectivity index (χ4v) is 4.91. The minimum Gasteiger partial charge on any atom is -0.508 e. The molecule has 1 saturated carbocycles. The van der Waals surface area contributed by atoms with E-state index in [1.807, 2.05) is 29.2 Å². The maximum Gasteiger partial charge on any atom is 0.300 e. The number of hydrogen-bond acceptors (Lipinski definition) is 4. The second-order valence-corrected chi connectivity index (χ2v) is 8.88. The predicted octanol–water partition coefficient (Wildman–Crippen LogP) is 4.25. The molecule has 1 unspecified atom stereocenters. The summed E-state index contributed by atoms with van der Waals surface area (Å²) in [5.41, 5.74) is 8.12. The van der Waals surface area contributed by atoms with Gasteiger partial charge in [0.2, 0.25) is 0 Å². The van der Waals surface area contributed by atoms with Crippen LogP contribution in [-0.4, -0.2) is 46.1 Å². The lowest BCUT2D eigenvalue weighted by Gasteiger charge is -2.36. The van der Waals surface area contributed by atoms with Crippen molar-refractivity contribution in [1.82, 2.24) is 4.90 Å². The Morgan fingerprint density at radius 1 is 0.939 bits per heavy atom. The van der Waals surface area contributed by atoms with E-state index in [2.05, 4.69) is 0 Å². The number of carboxylic acid groups (broad SMARTS) is 1. The summed E-state index contributed by atoms with van der Waals surface area (Å²) in [5.74, 6) is -0.474. The molecule has 5 rings (SSSR count). The van der Waals surface area contributed by atoms with Crippen molar-refractivity contribution < 1.29 is 24.2 Å². The van der Waals surface area contributed by atoms with Crippen molar-refractivity contribution in [2.45, 2.75) is 25.8 Å². The van der Waals surface area contributed by atoms with Crippen LogP contribution >= 0.6 is 0 Å². The lowest BCUT2D eigenvalue weighted by atomic mass is 9.92. The van der Waals surface area contributed by atoms with Gasteiger partial charge in [-0.2, -0.15) is 0 Å². The van der Waals surface area contributed by atoms with E-state index in [0.29, 0.717) is 36.1 Å². The first-order valence-electron chi connectivity index (χ1n) is 11.0. The zero-order valence-corrected chi connectivity index (χ0v) is 18.4. The molecule has 1 amide bonds. The highest BCUT2D eigenvalue weighted by Gasteiger charge is 2.41. The number of likely N-dealkylation sites (tertiary alicyclic amines) is 1. The number of aliphatic carboxylic acids is 1. The highest BCUT2D eigenvalue weighted by molar-refractivity contribution is 5.96. The van der Waals surface area contributed by atoms with E-state index in [0.717, 1.165) is 36.1 Å². The number of carboxylic acids is 1. The maximum atomic E-state index is 14.4. The van der Waals surface area contributed by atoms with E-state index in [9.17, 15) is 14.3 Å². The van der Waals surface area contributed by atoms with Crippen LogP contribution < -0.4 is 5.73 Å². The third-order valence-electron chi connectivity index (χ3n) is 6.50. The van der Waals surface area contributed by atoms with Crippen molar-refractivity contribution in [3.8, 4) is 16.9 Å². The normalized spacial score (nSPS) is 21.4. The topological polar surface area (TPSA) is 104 Å². The van der Waals surface area contributed by atoms with E-state index in [4.69, 9.17) is 15.6 Å². The van der Waals surface area contributed by atoms with Crippen molar-refractivity contribution in [2.24, 2.45) is 17.6 Å². The lowest BCUT2D eigenvalue weighted by molar-refractivity contribution is -0.134. The zero-order valence-electron chi connectivity index (χ0n) is 18.4. The Labute approximate surface area is 191 Å². The number of nitrogens with zero attached hydrogens (tertiary/aromatic N) is 1. The summed E-state index contributed by atoms with van der Waals surface area (Å²) in [7, 11) is 0. The van der Waals surface area contributed by atoms with Gasteiger partial charge in [-0.1, -0.05) is 18.2 Å². The van der Waals surface area contributed by atoms with Crippen molar-refractivity contribution in [1.29, 1.82) is 0 Å². The van der Waals surface area contributed by atoms with Gasteiger partial charge in [0.05, 0.1) is 0 Å². The number of hydrogen-bond donors (Lipinski definition) is 3. The molecular weight excluding hydrogens is 423 g/mol. The number of benzene rings is 3. The highest BCUT2D eigenvalue weighted by atomic mass is 19.1. The van der Waals surface area contributed by atoms with Gasteiger partial charge in [0.15, 0.2) is 0 Å². The molecule has 1 heterocycles. The summed E-state index contributed by atoms with van der Waals surface area (Å²) in [5, 5.41) is 18.9. The lowest BCUT2D eigenvalue weighted by Crippen LogP contribution is -2.50. The van der Waals surface area contributed by atoms with E-state index in [1.54, 1.807) is 18.2 Å². The molecule has 0 spiro atoms. The Bertz CT molecular complexity index is 1190. The van der Waals surface area contributed by atoms with Gasteiger partial charge in [0.25, 0.3) is 11.9 Å². The molecule has 0 radical (unpaired) electrons. The predicted molar refractivity (Wildman–Crippen MR) is 124 cm³/mol. The van der Waals surface area contributed by atoms with Crippen LogP contribution in [0.25, 0.3) is 21.9 Å². The molecule has 2 bridgehead atoms. The molecule has 3 atom stereocenters. The van der Waals surface area contributed by atoms with Crippen LogP contribution in [0.3, 0.4) is 0 Å². The Morgan fingerprint density at radius 2 is 1.55 bits per heavy atom. The van der Waals surface area contributed by atoms with Crippen LogP contribution in [0.1, 0.15) is 30.1 Å². The first-order valence-corrected chi connectivity index (χ1v) is 11.0. The number of nitrogens with two attached hydrogens (primary N) is 1. The molecule has 7 heteroatoms. The number of phenolic OH excluding ortho intramolecular Hbond substituents is 1. The summed E-state index contributed by atoms with van der Waals surface area (Å²) in [6, 6.07) is 15.6. The molecule has 1 saturated heterocycles. The Balaban J connectivity index is 0.000000601. The Kier molecular flexibility index (Phi) is 6.33. The molecule has 1 aliphatic carbocycles. The van der Waals surface area contributed by atoms with Gasteiger partial charge >= 0.3 is 0 Å². The van der Waals surface area contributed by atoms with Crippen LogP contribution in [0, 0.1) is 17.7 Å². The van der Waals surface area contributed by atoms with Crippen molar-refractivity contribution in [3.63, 3.8) is 0 Å². The number of halogens is 1. The standard InChI is InChI=1S/C24H23FN2O2.C2H4O2/c25-21-9-19(15-1-2-16-11-22(28)6-5-14(16)7-15)8-20(10-21)24(29)27-12-17-3-4-18(13-27)23(17)26;1-2(3)4/h1-2,5-11,17-18,23,28H,3-4,12-13,26H2;1H3,(H,3,4)/t17-,18+,23?;. The zero-order chi connectivity index (χ0) is 23.7. The van der Waals surface area contributed by atoms with Gasteiger partial charge in [0.1, 0.15) is 11.6 Å². The average molecular weight is 451 g/mol. The second-order valence-electron chi connectivity index (χ2n) is 8.88. The molecule has 4 N–H and O–H groups in total. The molecule has 6 nitrogen and oxygen atoms in total. The summed E-state index contributed by atoms with van der Waals surface area (Å²) in [6.45, 7) is 2.39. The van der Waals surface area contributed by atoms with Gasteiger partial charge in [-0.3, -0.25) is 9.59 Å². The van der Waals surface area contributed by atoms with E-state index < -0.39 is 11.8 Å². The third kappa shape index (κ3) is 4.98. The van der Waals surface area contributed by atoms with Gasteiger partial charge in [0, 0.05) is 31.6 Å². The fourth-order valence-electron chi connectivity index (χ4n) is 4.91. The molecule has 0 aromatic heterocycles. The first kappa shape index (κ1) is 22.7. The highest BCUT2D eigenvalue weighted by Crippen LogP contribution is 2.36. The SMILES string of the molecule is CC(=O)O.NC1[C@@H]2CC[C@H]1CN(C(=O)c1cc(F)cc(-c3ccc4cc(O)ccc4c3)c1)C2. The first-order chi connectivity index (χ1) is 15.7. The molecule has 1 aliphatic heterocycles. The Morgan fingerprint density at radius 3 is 2.21 bits per heavy atom. The number of carbonyl (C=O) groups is 2. The van der Waals surface area contributed by atoms with Crippen molar-refractivity contribution in [3.05, 3.63) is 66.0 Å². The molecule has 3 aromatic carbocycles. The molecular formula is C26H27FN2O4. The average Bonchev–Trinajstić information content (AvgIpc) is 2.97. The fraction of sp³-hybridized carbons (Fsp3) is 0.308. The molecule has 2 aliphatic rings. The van der Waals surface area contributed by atoms with Gasteiger partial charge < -0.3 is 20.8 Å². The minimum absolute atomic E-state index is 0.125. The van der Waals surface area contributed by atoms with E-state index in [1.165, 1.54) is 12.1 Å². The van der Waals surface area contributed by atoms with Crippen LogP contribution in [0.15, 0.2) is 54.6 Å². The van der Waals surface area contributed by atoms with Crippen molar-refractivity contribution in [2.75, 3.05) is 13.1 Å². The number of rotatable bonds is 2. The number of carbonyl (C=O) groups excluding carboxylic acids is 1.